The van der Waals surface area contributed by atoms with Gasteiger partial charge in [-0.2, -0.15) is 0 Å². The minimum Gasteiger partial charge on any atom is -0.480 e. The fraction of sp³-hybridized carbons (Fsp3) is 0.500. The van der Waals surface area contributed by atoms with E-state index in [1.54, 1.807) is 5.43 Å². The van der Waals surface area contributed by atoms with Crippen molar-refractivity contribution in [3.05, 3.63) is 0 Å². The molecule has 1 atom stereocenters. The Hall–Kier alpha value is -1.30. The maximum Gasteiger partial charge on any atom is 0.419 e. The zero-order chi connectivity index (χ0) is 8.15. The van der Waals surface area contributed by atoms with Gasteiger partial charge in [-0.05, 0) is 6.92 Å². The van der Waals surface area contributed by atoms with Crippen LogP contribution in [0.5, 0.6) is 0 Å². The minimum absolute atomic E-state index is 0.920. The maximum atomic E-state index is 10.0. The second-order valence-corrected chi connectivity index (χ2v) is 1.63. The molecule has 0 fully saturated rings. The highest BCUT2D eigenvalue weighted by Crippen LogP contribution is 1.75. The molecule has 0 spiro atoms. The lowest BCUT2D eigenvalue weighted by Gasteiger charge is -2.06. The van der Waals surface area contributed by atoms with Crippen LogP contribution in [0.4, 0.5) is 4.79 Å². The van der Waals surface area contributed by atoms with E-state index in [4.69, 9.17) is 10.2 Å². The summed E-state index contributed by atoms with van der Waals surface area (Å²) in [5.74, 6) is -1.12. The molecular weight excluding hydrogens is 140 g/mol. The van der Waals surface area contributed by atoms with Crippen LogP contribution < -0.4 is 10.9 Å². The van der Waals surface area contributed by atoms with E-state index in [0.717, 1.165) is 0 Å². The number of hydrazine groups is 1. The summed E-state index contributed by atoms with van der Waals surface area (Å²) >= 11 is 0. The highest BCUT2D eigenvalue weighted by Gasteiger charge is 2.09. The van der Waals surface area contributed by atoms with Crippen molar-refractivity contribution in [1.29, 1.82) is 0 Å². The number of nitrogens with one attached hydrogen (secondary N) is 2. The van der Waals surface area contributed by atoms with Crippen LogP contribution in [0.25, 0.3) is 0 Å². The van der Waals surface area contributed by atoms with E-state index < -0.39 is 18.1 Å². The van der Waals surface area contributed by atoms with Crippen LogP contribution in [-0.2, 0) is 4.79 Å². The predicted octanol–water partition coefficient (Wildman–Crippen LogP) is -0.768. The van der Waals surface area contributed by atoms with Crippen LogP contribution >= 0.6 is 0 Å². The van der Waals surface area contributed by atoms with Crippen LogP contribution in [0.3, 0.4) is 0 Å². The lowest BCUT2D eigenvalue weighted by molar-refractivity contribution is -0.139. The molecule has 0 aliphatic heterocycles. The first-order chi connectivity index (χ1) is 4.54. The van der Waals surface area contributed by atoms with Gasteiger partial charge in [0, 0.05) is 0 Å². The summed E-state index contributed by atoms with van der Waals surface area (Å²) in [5.41, 5.74) is 3.74. The monoisotopic (exact) mass is 148 g/mol. The van der Waals surface area contributed by atoms with Gasteiger partial charge in [0.15, 0.2) is 0 Å². The average molecular weight is 148 g/mol. The van der Waals surface area contributed by atoms with Crippen LogP contribution in [0, 0.1) is 0 Å². The van der Waals surface area contributed by atoms with Gasteiger partial charge >= 0.3 is 12.1 Å². The summed E-state index contributed by atoms with van der Waals surface area (Å²) in [6.07, 6.45) is -1.31. The fourth-order valence-corrected chi connectivity index (χ4v) is 0.232. The Labute approximate surface area is 56.8 Å². The molecule has 6 heteroatoms. The lowest BCUT2D eigenvalue weighted by atomic mass is 10.4. The number of amides is 1. The second-order valence-electron chi connectivity index (χ2n) is 1.63. The van der Waals surface area contributed by atoms with Crippen LogP contribution in [-0.4, -0.2) is 28.3 Å². The zero-order valence-corrected chi connectivity index (χ0v) is 5.29. The van der Waals surface area contributed by atoms with Crippen LogP contribution in [0.15, 0.2) is 0 Å². The number of carboxylic acid groups (broad SMARTS) is 2. The Balaban J connectivity index is 3.49. The largest absolute Gasteiger partial charge is 0.480 e. The first-order valence-corrected chi connectivity index (χ1v) is 2.51. The summed E-state index contributed by atoms with van der Waals surface area (Å²) in [6, 6.07) is -0.920. The molecule has 0 saturated heterocycles. The maximum absolute atomic E-state index is 10.0. The second kappa shape index (κ2) is 3.67. The molecule has 0 aromatic carbocycles. The van der Waals surface area contributed by atoms with E-state index >= 15 is 0 Å². The van der Waals surface area contributed by atoms with Crippen molar-refractivity contribution in [2.24, 2.45) is 0 Å². The third-order valence-electron chi connectivity index (χ3n) is 0.766. The number of carbonyl (C=O) groups is 2. The predicted molar refractivity (Wildman–Crippen MR) is 31.4 cm³/mol. The Morgan fingerprint density at radius 3 is 2.20 bits per heavy atom. The van der Waals surface area contributed by atoms with Gasteiger partial charge in [0.1, 0.15) is 6.04 Å². The quantitative estimate of drug-likeness (QED) is 0.394. The van der Waals surface area contributed by atoms with Gasteiger partial charge in [0.05, 0.1) is 0 Å². The summed E-state index contributed by atoms with van der Waals surface area (Å²) in [7, 11) is 0. The van der Waals surface area contributed by atoms with Crippen molar-refractivity contribution in [3.63, 3.8) is 0 Å². The Morgan fingerprint density at radius 1 is 1.40 bits per heavy atom. The molecule has 6 nitrogen and oxygen atoms in total. The Kier molecular flexibility index (Phi) is 3.20. The molecule has 4 N–H and O–H groups in total. The first-order valence-electron chi connectivity index (χ1n) is 2.51. The molecule has 10 heavy (non-hydrogen) atoms. The molecule has 0 unspecified atom stereocenters. The van der Waals surface area contributed by atoms with E-state index in [0.29, 0.717) is 0 Å². The fourth-order valence-electron chi connectivity index (χ4n) is 0.232. The van der Waals surface area contributed by atoms with Gasteiger partial charge in [-0.1, -0.05) is 0 Å². The van der Waals surface area contributed by atoms with Gasteiger partial charge in [-0.15, -0.1) is 0 Å². The molecule has 0 rings (SSSR count). The molecular formula is C4H8N2O4. The van der Waals surface area contributed by atoms with Crippen molar-refractivity contribution >= 4 is 12.1 Å². The summed E-state index contributed by atoms with van der Waals surface area (Å²) in [6.45, 7) is 1.32. The number of hydrogen-bond acceptors (Lipinski definition) is 3. The van der Waals surface area contributed by atoms with Gasteiger partial charge in [0.25, 0.3) is 0 Å². The molecule has 0 bridgehead atoms. The molecule has 0 aliphatic rings. The van der Waals surface area contributed by atoms with E-state index in [1.165, 1.54) is 6.92 Å². The van der Waals surface area contributed by atoms with E-state index in [1.807, 2.05) is 5.43 Å². The van der Waals surface area contributed by atoms with Crippen molar-refractivity contribution < 1.29 is 19.8 Å². The molecule has 1 amide bonds. The minimum atomic E-state index is -1.31. The highest BCUT2D eigenvalue weighted by molar-refractivity contribution is 5.73. The Bertz CT molecular complexity index is 146. The lowest BCUT2D eigenvalue weighted by Crippen LogP contribution is -2.45. The van der Waals surface area contributed by atoms with Crippen LogP contribution in [0.1, 0.15) is 6.92 Å². The summed E-state index contributed by atoms with van der Waals surface area (Å²) in [4.78, 5) is 19.8. The van der Waals surface area contributed by atoms with E-state index in [-0.39, 0.29) is 0 Å². The average Bonchev–Trinajstić information content (AvgIpc) is 1.82. The molecule has 0 radical (unpaired) electrons. The van der Waals surface area contributed by atoms with E-state index in [9.17, 15) is 9.59 Å². The molecule has 0 aliphatic carbocycles. The summed E-state index contributed by atoms with van der Waals surface area (Å²) < 4.78 is 0. The number of rotatable bonds is 3. The normalized spacial score (nSPS) is 12.1. The third-order valence-corrected chi connectivity index (χ3v) is 0.766. The van der Waals surface area contributed by atoms with Gasteiger partial charge in [0.2, 0.25) is 0 Å². The number of aliphatic carboxylic acids is 1. The van der Waals surface area contributed by atoms with Crippen LogP contribution in [0.2, 0.25) is 0 Å². The molecule has 0 aromatic heterocycles. The summed E-state index contributed by atoms with van der Waals surface area (Å²) in [5, 5.41) is 16.2. The van der Waals surface area contributed by atoms with Crippen molar-refractivity contribution in [2.75, 3.05) is 0 Å². The SMILES string of the molecule is C[C@H](NNC(=O)O)C(=O)O. The van der Waals surface area contributed by atoms with Crippen molar-refractivity contribution in [2.45, 2.75) is 13.0 Å². The number of carboxylic acids is 1. The van der Waals surface area contributed by atoms with Gasteiger partial charge in [-0.25, -0.2) is 10.2 Å². The highest BCUT2D eigenvalue weighted by atomic mass is 16.4. The number of hydrogen-bond donors (Lipinski definition) is 4. The Morgan fingerprint density at radius 2 is 1.90 bits per heavy atom. The topological polar surface area (TPSA) is 98.7 Å². The molecule has 0 aromatic rings. The van der Waals surface area contributed by atoms with Gasteiger partial charge in [-0.3, -0.25) is 10.2 Å². The molecule has 0 heterocycles. The van der Waals surface area contributed by atoms with Crippen molar-refractivity contribution in [3.8, 4) is 0 Å². The van der Waals surface area contributed by atoms with E-state index in [2.05, 4.69) is 0 Å². The van der Waals surface area contributed by atoms with Crippen molar-refractivity contribution in [1.82, 2.24) is 10.9 Å². The zero-order valence-electron chi connectivity index (χ0n) is 5.29. The molecule has 0 saturated carbocycles. The third kappa shape index (κ3) is 3.67. The standard InChI is InChI=1S/C4H8N2O4/c1-2(3(7)8)5-6-4(9)10/h2,5-6H,1H3,(H,7,8)(H,9,10)/t2-/m0/s1. The first kappa shape index (κ1) is 8.70. The smallest absolute Gasteiger partial charge is 0.419 e. The van der Waals surface area contributed by atoms with Gasteiger partial charge < -0.3 is 10.2 Å². The molecule has 58 valence electrons.